The van der Waals surface area contributed by atoms with Gasteiger partial charge in [-0.05, 0) is 51.5 Å². The Labute approximate surface area is 126 Å². The molecule has 1 atom stereocenters. The molecule has 1 aromatic heterocycles. The highest BCUT2D eigenvalue weighted by atomic mass is 15.2. The summed E-state index contributed by atoms with van der Waals surface area (Å²) >= 11 is 0. The molecule has 0 aliphatic rings. The van der Waals surface area contributed by atoms with Gasteiger partial charge in [-0.3, -0.25) is 0 Å². The lowest BCUT2D eigenvalue weighted by Gasteiger charge is -2.19. The highest BCUT2D eigenvalue weighted by Crippen LogP contribution is 2.10. The predicted octanol–water partition coefficient (Wildman–Crippen LogP) is 2.95. The average molecular weight is 287 g/mol. The van der Waals surface area contributed by atoms with Gasteiger partial charge in [0.05, 0.1) is 5.52 Å². The van der Waals surface area contributed by atoms with Crippen LogP contribution in [0.3, 0.4) is 0 Å². The Kier molecular flexibility index (Phi) is 5.87. The summed E-state index contributed by atoms with van der Waals surface area (Å²) in [4.78, 5) is 6.94. The van der Waals surface area contributed by atoms with Crippen LogP contribution in [0.4, 0.5) is 5.95 Å². The van der Waals surface area contributed by atoms with Crippen molar-refractivity contribution in [3.8, 4) is 0 Å². The second-order valence-corrected chi connectivity index (χ2v) is 5.34. The number of hydrogen-bond donors (Lipinski definition) is 1. The third-order valence-corrected chi connectivity index (χ3v) is 3.74. The molecule has 2 rings (SSSR count). The lowest BCUT2D eigenvalue weighted by atomic mass is 10.2. The molecule has 114 valence electrons. The number of benzene rings is 1. The molecule has 1 unspecified atom stereocenters. The van der Waals surface area contributed by atoms with Crippen LogP contribution in [0.2, 0.25) is 0 Å². The largest absolute Gasteiger partial charge is 0.350 e. The number of rotatable bonds is 8. The maximum Gasteiger partial charge on any atom is 0.243 e. The summed E-state index contributed by atoms with van der Waals surface area (Å²) in [6.45, 7) is 9.97. The van der Waals surface area contributed by atoms with Crippen molar-refractivity contribution in [2.45, 2.75) is 39.7 Å². The fraction of sp³-hybridized carbons (Fsp3) is 0.562. The van der Waals surface area contributed by atoms with Crippen molar-refractivity contribution < 1.29 is 0 Å². The van der Waals surface area contributed by atoms with Crippen LogP contribution in [-0.2, 0) is 0 Å². The van der Waals surface area contributed by atoms with Gasteiger partial charge in [0.1, 0.15) is 5.52 Å². The lowest BCUT2D eigenvalue weighted by Crippen LogP contribution is -2.26. The van der Waals surface area contributed by atoms with E-state index >= 15 is 0 Å². The Morgan fingerprint density at radius 1 is 1.10 bits per heavy atom. The first-order valence-electron chi connectivity index (χ1n) is 7.81. The average Bonchev–Trinajstić information content (AvgIpc) is 2.51. The number of anilines is 1. The van der Waals surface area contributed by atoms with E-state index in [1.54, 1.807) is 0 Å². The van der Waals surface area contributed by atoms with Crippen molar-refractivity contribution in [1.29, 1.82) is 0 Å². The summed E-state index contributed by atoms with van der Waals surface area (Å²) in [5, 5.41) is 11.7. The van der Waals surface area contributed by atoms with E-state index in [1.807, 2.05) is 24.3 Å². The van der Waals surface area contributed by atoms with E-state index in [9.17, 15) is 0 Å². The number of para-hydroxylation sites is 1. The fourth-order valence-corrected chi connectivity index (χ4v) is 2.40. The number of aromatic nitrogens is 3. The minimum absolute atomic E-state index is 0.350. The Morgan fingerprint density at radius 2 is 1.81 bits per heavy atom. The van der Waals surface area contributed by atoms with Crippen molar-refractivity contribution in [2.24, 2.45) is 0 Å². The molecule has 5 heteroatoms. The standard InChI is InChI=1S/C16H25N5/c1-4-21(5-2)12-8-9-13(3)17-16-18-14-10-6-7-11-15(14)19-20-16/h6-7,10-11,13H,4-5,8-9,12H2,1-3H3,(H,17,18,20). The normalized spacial score (nSPS) is 12.8. The number of hydrogen-bond acceptors (Lipinski definition) is 5. The van der Waals surface area contributed by atoms with E-state index in [1.165, 1.54) is 6.42 Å². The lowest BCUT2D eigenvalue weighted by molar-refractivity contribution is 0.295. The fourth-order valence-electron chi connectivity index (χ4n) is 2.40. The van der Waals surface area contributed by atoms with E-state index < -0.39 is 0 Å². The van der Waals surface area contributed by atoms with E-state index in [2.05, 4.69) is 46.2 Å². The zero-order valence-electron chi connectivity index (χ0n) is 13.2. The second kappa shape index (κ2) is 7.88. The molecule has 2 aromatic rings. The summed E-state index contributed by atoms with van der Waals surface area (Å²) in [6, 6.07) is 8.14. The SMILES string of the molecule is CCN(CC)CCCC(C)Nc1nnc2ccccc2n1. The number of nitrogens with zero attached hydrogens (tertiary/aromatic N) is 4. The first-order chi connectivity index (χ1) is 10.2. The Hall–Kier alpha value is -1.75. The molecule has 21 heavy (non-hydrogen) atoms. The summed E-state index contributed by atoms with van der Waals surface area (Å²) in [5.41, 5.74) is 1.71. The smallest absolute Gasteiger partial charge is 0.243 e. The number of fused-ring (bicyclic) bond motifs is 1. The molecule has 0 saturated heterocycles. The van der Waals surface area contributed by atoms with E-state index in [0.29, 0.717) is 12.0 Å². The third kappa shape index (κ3) is 4.63. The van der Waals surface area contributed by atoms with E-state index in [4.69, 9.17) is 0 Å². The first kappa shape index (κ1) is 15.6. The molecule has 0 aliphatic heterocycles. The zero-order chi connectivity index (χ0) is 15.1. The van der Waals surface area contributed by atoms with Crippen LogP contribution in [-0.4, -0.2) is 45.8 Å². The molecule has 1 N–H and O–H groups in total. The van der Waals surface area contributed by atoms with Crippen LogP contribution in [0.15, 0.2) is 24.3 Å². The van der Waals surface area contributed by atoms with Gasteiger partial charge in [-0.2, -0.15) is 0 Å². The van der Waals surface area contributed by atoms with Crippen LogP contribution < -0.4 is 5.32 Å². The molecular weight excluding hydrogens is 262 g/mol. The van der Waals surface area contributed by atoms with Crippen molar-refractivity contribution in [2.75, 3.05) is 25.0 Å². The van der Waals surface area contributed by atoms with Crippen LogP contribution >= 0.6 is 0 Å². The molecule has 0 aliphatic carbocycles. The van der Waals surface area contributed by atoms with Gasteiger partial charge in [0, 0.05) is 6.04 Å². The predicted molar refractivity (Wildman–Crippen MR) is 87.4 cm³/mol. The third-order valence-electron chi connectivity index (χ3n) is 3.74. The molecule has 0 bridgehead atoms. The van der Waals surface area contributed by atoms with E-state index in [-0.39, 0.29) is 0 Å². The molecular formula is C16H25N5. The van der Waals surface area contributed by atoms with Crippen molar-refractivity contribution in [3.05, 3.63) is 24.3 Å². The summed E-state index contributed by atoms with van der Waals surface area (Å²) in [5.74, 6) is 0.615. The van der Waals surface area contributed by atoms with Gasteiger partial charge < -0.3 is 10.2 Å². The minimum atomic E-state index is 0.350. The topological polar surface area (TPSA) is 53.9 Å². The second-order valence-electron chi connectivity index (χ2n) is 5.34. The molecule has 0 amide bonds. The maximum absolute atomic E-state index is 4.50. The van der Waals surface area contributed by atoms with Gasteiger partial charge in [0.2, 0.25) is 5.95 Å². The monoisotopic (exact) mass is 287 g/mol. The highest BCUT2D eigenvalue weighted by Gasteiger charge is 2.07. The molecule has 0 spiro atoms. The van der Waals surface area contributed by atoms with Crippen LogP contribution in [0, 0.1) is 0 Å². The van der Waals surface area contributed by atoms with Gasteiger partial charge in [0.25, 0.3) is 0 Å². The highest BCUT2D eigenvalue weighted by molar-refractivity contribution is 5.74. The van der Waals surface area contributed by atoms with Gasteiger partial charge in [-0.25, -0.2) is 4.98 Å². The van der Waals surface area contributed by atoms with Crippen LogP contribution in [0.5, 0.6) is 0 Å². The van der Waals surface area contributed by atoms with Gasteiger partial charge in [0.15, 0.2) is 0 Å². The van der Waals surface area contributed by atoms with Crippen molar-refractivity contribution in [1.82, 2.24) is 20.1 Å². The van der Waals surface area contributed by atoms with Crippen LogP contribution in [0.1, 0.15) is 33.6 Å². The Morgan fingerprint density at radius 3 is 2.52 bits per heavy atom. The van der Waals surface area contributed by atoms with Gasteiger partial charge in [-0.1, -0.05) is 26.0 Å². The van der Waals surface area contributed by atoms with Gasteiger partial charge >= 0.3 is 0 Å². The van der Waals surface area contributed by atoms with Crippen molar-refractivity contribution in [3.63, 3.8) is 0 Å². The van der Waals surface area contributed by atoms with Gasteiger partial charge in [-0.15, -0.1) is 10.2 Å². The molecule has 1 aromatic carbocycles. The zero-order valence-corrected chi connectivity index (χ0v) is 13.2. The van der Waals surface area contributed by atoms with Crippen LogP contribution in [0.25, 0.3) is 11.0 Å². The summed E-state index contributed by atoms with van der Waals surface area (Å²) < 4.78 is 0. The Bertz CT molecular complexity index is 553. The maximum atomic E-state index is 4.50. The molecule has 5 nitrogen and oxygen atoms in total. The summed E-state index contributed by atoms with van der Waals surface area (Å²) in [7, 11) is 0. The molecule has 0 saturated carbocycles. The number of nitrogens with one attached hydrogen (secondary N) is 1. The minimum Gasteiger partial charge on any atom is -0.350 e. The van der Waals surface area contributed by atoms with E-state index in [0.717, 1.165) is 37.1 Å². The molecule has 0 fully saturated rings. The summed E-state index contributed by atoms with van der Waals surface area (Å²) in [6.07, 6.45) is 2.28. The molecule has 0 radical (unpaired) electrons. The molecule has 1 heterocycles. The first-order valence-corrected chi connectivity index (χ1v) is 7.81. The Balaban J connectivity index is 1.85. The quantitative estimate of drug-likeness (QED) is 0.809. The van der Waals surface area contributed by atoms with Crippen molar-refractivity contribution >= 4 is 17.0 Å².